The zero-order valence-corrected chi connectivity index (χ0v) is 16.4. The molecule has 0 aromatic rings. The molecule has 4 N–H and O–H groups in total. The van der Waals surface area contributed by atoms with Gasteiger partial charge in [0, 0.05) is 11.5 Å². The Morgan fingerprint density at radius 3 is 1.46 bits per heavy atom. The van der Waals surface area contributed by atoms with Gasteiger partial charge >= 0.3 is 11.9 Å². The Labute approximate surface area is 153 Å². The lowest BCUT2D eigenvalue weighted by Crippen LogP contribution is -2.40. The van der Waals surface area contributed by atoms with E-state index in [0.29, 0.717) is 24.6 Å². The van der Waals surface area contributed by atoms with E-state index < -0.39 is 24.0 Å². The highest BCUT2D eigenvalue weighted by Crippen LogP contribution is 2.23. The molecule has 0 amide bonds. The molecule has 0 aliphatic carbocycles. The average Bonchev–Trinajstić information content (AvgIpc) is 2.54. The van der Waals surface area contributed by atoms with Crippen LogP contribution in [0.4, 0.5) is 0 Å². The molecule has 8 heteroatoms. The van der Waals surface area contributed by atoms with Gasteiger partial charge in [-0.15, -0.1) is 0 Å². The summed E-state index contributed by atoms with van der Waals surface area (Å²) in [4.78, 5) is 22.4. The van der Waals surface area contributed by atoms with Crippen molar-refractivity contribution in [2.45, 2.75) is 64.5 Å². The number of rotatable bonds is 17. The van der Waals surface area contributed by atoms with E-state index >= 15 is 0 Å². The van der Waals surface area contributed by atoms with Gasteiger partial charge < -0.3 is 20.8 Å². The Bertz CT molecular complexity index is 314. The Hall–Kier alpha value is -0.440. The highest BCUT2D eigenvalue weighted by atomic mass is 33.1. The Morgan fingerprint density at radius 1 is 0.792 bits per heavy atom. The first-order chi connectivity index (χ1) is 11.5. The molecule has 24 heavy (non-hydrogen) atoms. The molecule has 0 saturated heterocycles. The molecule has 0 aliphatic rings. The Kier molecular flexibility index (Phi) is 15.8. The number of hydrogen-bond donors (Lipinski definition) is 4. The number of hydrogen-bond acceptors (Lipinski definition) is 6. The quantitative estimate of drug-likeness (QED) is 0.226. The van der Waals surface area contributed by atoms with Crippen LogP contribution in [0, 0.1) is 0 Å². The highest BCUT2D eigenvalue weighted by molar-refractivity contribution is 8.76. The summed E-state index contributed by atoms with van der Waals surface area (Å²) in [7, 11) is 2.83. The second kappa shape index (κ2) is 16.1. The van der Waals surface area contributed by atoms with Crippen molar-refractivity contribution in [1.82, 2.24) is 10.6 Å². The maximum atomic E-state index is 11.2. The van der Waals surface area contributed by atoms with E-state index in [0.717, 1.165) is 38.5 Å². The van der Waals surface area contributed by atoms with Gasteiger partial charge in [-0.3, -0.25) is 9.59 Å². The first kappa shape index (κ1) is 23.6. The summed E-state index contributed by atoms with van der Waals surface area (Å²) in [6, 6.07) is -1.17. The van der Waals surface area contributed by atoms with Crippen LogP contribution >= 0.6 is 21.6 Å². The largest absolute Gasteiger partial charge is 0.480 e. The van der Waals surface area contributed by atoms with Crippen LogP contribution < -0.4 is 10.6 Å². The van der Waals surface area contributed by atoms with Gasteiger partial charge in [0.25, 0.3) is 0 Å². The first-order valence-electron chi connectivity index (χ1n) is 8.69. The molecule has 0 fully saturated rings. The molecule has 2 atom stereocenters. The topological polar surface area (TPSA) is 98.7 Å². The molecular formula is C16H32N2O4S2. The minimum Gasteiger partial charge on any atom is -0.480 e. The van der Waals surface area contributed by atoms with E-state index in [4.69, 9.17) is 0 Å². The highest BCUT2D eigenvalue weighted by Gasteiger charge is 2.19. The fraction of sp³-hybridized carbons (Fsp3) is 0.875. The van der Waals surface area contributed by atoms with E-state index in [1.165, 1.54) is 21.6 Å². The second-order valence-corrected chi connectivity index (χ2v) is 8.23. The number of aliphatic carboxylic acids is 2. The molecule has 0 saturated carbocycles. The molecule has 0 aromatic heterocycles. The average molecular weight is 381 g/mol. The number of carbonyl (C=O) groups is 2. The van der Waals surface area contributed by atoms with Crippen molar-refractivity contribution in [3.8, 4) is 0 Å². The molecule has 0 aliphatic heterocycles. The minimum absolute atomic E-state index is 0.425. The summed E-state index contributed by atoms with van der Waals surface area (Å²) in [6.45, 7) is 5.62. The molecule has 0 heterocycles. The fourth-order valence-electron chi connectivity index (χ4n) is 1.97. The normalized spacial score (nSPS) is 13.6. The van der Waals surface area contributed by atoms with Gasteiger partial charge in [0.15, 0.2) is 0 Å². The number of carboxylic acids is 2. The standard InChI is InChI=1S/C16H32N2O4S2/c1-3-5-7-9-17-13(15(19)20)11-23-24-12-14(16(21)22)18-10-8-6-4-2/h13-14,17-18H,3-12H2,1-2H3,(H,19,20)(H,21,22). The van der Waals surface area contributed by atoms with Gasteiger partial charge in [-0.2, -0.15) is 0 Å². The van der Waals surface area contributed by atoms with Crippen molar-refractivity contribution in [2.24, 2.45) is 0 Å². The van der Waals surface area contributed by atoms with Crippen LogP contribution in [0.15, 0.2) is 0 Å². The van der Waals surface area contributed by atoms with Crippen molar-refractivity contribution in [1.29, 1.82) is 0 Å². The SMILES string of the molecule is CCCCCNC(CSSCC(NCCCCC)C(=O)O)C(=O)O. The maximum Gasteiger partial charge on any atom is 0.321 e. The van der Waals surface area contributed by atoms with Crippen molar-refractivity contribution in [3.05, 3.63) is 0 Å². The molecule has 0 aromatic carbocycles. The molecule has 0 bridgehead atoms. The summed E-state index contributed by atoms with van der Waals surface area (Å²) in [6.07, 6.45) is 6.33. The van der Waals surface area contributed by atoms with Gasteiger partial charge in [0.05, 0.1) is 0 Å². The number of carboxylic acid groups (broad SMARTS) is 2. The lowest BCUT2D eigenvalue weighted by Gasteiger charge is -2.16. The predicted molar refractivity (Wildman–Crippen MR) is 103 cm³/mol. The molecular weight excluding hydrogens is 348 g/mol. The molecule has 0 rings (SSSR count). The fourth-order valence-corrected chi connectivity index (χ4v) is 4.35. The Balaban J connectivity index is 3.96. The second-order valence-electron chi connectivity index (χ2n) is 5.67. The molecule has 0 spiro atoms. The van der Waals surface area contributed by atoms with Crippen LogP contribution in [-0.2, 0) is 9.59 Å². The third kappa shape index (κ3) is 12.9. The summed E-state index contributed by atoms with van der Waals surface area (Å²) < 4.78 is 0. The first-order valence-corrected chi connectivity index (χ1v) is 11.2. The van der Waals surface area contributed by atoms with E-state index in [1.807, 2.05) is 0 Å². The predicted octanol–water partition coefficient (Wildman–Crippen LogP) is 2.83. The van der Waals surface area contributed by atoms with Crippen LogP contribution in [0.25, 0.3) is 0 Å². The minimum atomic E-state index is -0.855. The van der Waals surface area contributed by atoms with Crippen molar-refractivity contribution < 1.29 is 19.8 Å². The van der Waals surface area contributed by atoms with Crippen molar-refractivity contribution >= 4 is 33.5 Å². The lowest BCUT2D eigenvalue weighted by molar-refractivity contribution is -0.139. The maximum absolute atomic E-state index is 11.2. The summed E-state index contributed by atoms with van der Waals surface area (Å²) in [5, 5.41) is 24.5. The van der Waals surface area contributed by atoms with E-state index in [2.05, 4.69) is 24.5 Å². The monoisotopic (exact) mass is 380 g/mol. The third-order valence-corrected chi connectivity index (χ3v) is 5.91. The number of nitrogens with one attached hydrogen (secondary N) is 2. The number of unbranched alkanes of at least 4 members (excludes halogenated alkanes) is 4. The Morgan fingerprint density at radius 2 is 1.17 bits per heavy atom. The summed E-state index contributed by atoms with van der Waals surface area (Å²) in [5.74, 6) is -0.859. The van der Waals surface area contributed by atoms with E-state index in [9.17, 15) is 19.8 Å². The van der Waals surface area contributed by atoms with E-state index in [1.54, 1.807) is 0 Å². The van der Waals surface area contributed by atoms with Gasteiger partial charge in [-0.05, 0) is 25.9 Å². The zero-order chi connectivity index (χ0) is 18.2. The van der Waals surface area contributed by atoms with Gasteiger partial charge in [0.2, 0.25) is 0 Å². The molecule has 2 unspecified atom stereocenters. The van der Waals surface area contributed by atoms with Crippen LogP contribution in [0.5, 0.6) is 0 Å². The van der Waals surface area contributed by atoms with Crippen molar-refractivity contribution in [2.75, 3.05) is 24.6 Å². The summed E-state index contributed by atoms with van der Waals surface area (Å²) in [5.41, 5.74) is 0. The lowest BCUT2D eigenvalue weighted by atomic mass is 10.2. The van der Waals surface area contributed by atoms with Gasteiger partial charge in [-0.25, -0.2) is 0 Å². The van der Waals surface area contributed by atoms with Crippen molar-refractivity contribution in [3.63, 3.8) is 0 Å². The van der Waals surface area contributed by atoms with Crippen LogP contribution in [0.3, 0.4) is 0 Å². The van der Waals surface area contributed by atoms with Gasteiger partial charge in [0.1, 0.15) is 12.1 Å². The van der Waals surface area contributed by atoms with E-state index in [-0.39, 0.29) is 0 Å². The summed E-state index contributed by atoms with van der Waals surface area (Å²) >= 11 is 0. The third-order valence-electron chi connectivity index (χ3n) is 3.49. The van der Waals surface area contributed by atoms with Crippen LogP contribution in [0.2, 0.25) is 0 Å². The van der Waals surface area contributed by atoms with Gasteiger partial charge in [-0.1, -0.05) is 61.1 Å². The molecule has 6 nitrogen and oxygen atoms in total. The smallest absolute Gasteiger partial charge is 0.321 e. The molecule has 0 radical (unpaired) electrons. The van der Waals surface area contributed by atoms with Crippen LogP contribution in [-0.4, -0.2) is 58.8 Å². The molecule has 142 valence electrons. The zero-order valence-electron chi connectivity index (χ0n) is 14.8. The van der Waals surface area contributed by atoms with Crippen LogP contribution in [0.1, 0.15) is 52.4 Å².